The minimum absolute atomic E-state index is 0.198. The Kier molecular flexibility index (Phi) is 5.20. The fourth-order valence-electron chi connectivity index (χ4n) is 3.77. The summed E-state index contributed by atoms with van der Waals surface area (Å²) < 4.78 is 0. The molecule has 0 aromatic rings. The quantitative estimate of drug-likeness (QED) is 0.789. The molecule has 2 aliphatic rings. The van der Waals surface area contributed by atoms with Crippen molar-refractivity contribution < 1.29 is 4.79 Å². The van der Waals surface area contributed by atoms with Crippen molar-refractivity contribution in [2.24, 2.45) is 17.6 Å². The van der Waals surface area contributed by atoms with E-state index in [1.807, 2.05) is 0 Å². The average molecular weight is 282 g/mol. The number of hydrogen-bond donors (Lipinski definition) is 1. The van der Waals surface area contributed by atoms with Gasteiger partial charge in [-0.05, 0) is 38.0 Å². The van der Waals surface area contributed by atoms with Gasteiger partial charge in [0.05, 0.1) is 10.9 Å². The summed E-state index contributed by atoms with van der Waals surface area (Å²) in [5, 5.41) is 0. The maximum absolute atomic E-state index is 12.7. The van der Waals surface area contributed by atoms with Crippen LogP contribution < -0.4 is 5.73 Å². The van der Waals surface area contributed by atoms with E-state index in [-0.39, 0.29) is 11.8 Å². The van der Waals surface area contributed by atoms with Gasteiger partial charge in [0.1, 0.15) is 0 Å². The molecule has 1 aliphatic heterocycles. The topological polar surface area (TPSA) is 46.3 Å². The zero-order valence-electron chi connectivity index (χ0n) is 11.9. The van der Waals surface area contributed by atoms with Crippen molar-refractivity contribution in [1.82, 2.24) is 4.90 Å². The van der Waals surface area contributed by atoms with Crippen molar-refractivity contribution in [3.63, 3.8) is 0 Å². The van der Waals surface area contributed by atoms with Gasteiger partial charge in [0.15, 0.2) is 0 Å². The Morgan fingerprint density at radius 3 is 2.58 bits per heavy atom. The van der Waals surface area contributed by atoms with Gasteiger partial charge in [-0.25, -0.2) is 0 Å². The number of hydrogen-bond acceptors (Lipinski definition) is 2. The molecule has 0 bridgehead atoms. The first-order chi connectivity index (χ1) is 9.15. The molecule has 0 radical (unpaired) electrons. The van der Waals surface area contributed by atoms with Gasteiger partial charge in [0.2, 0.25) is 5.91 Å². The highest BCUT2D eigenvalue weighted by molar-refractivity contribution is 7.80. The third-order valence-electron chi connectivity index (χ3n) is 4.75. The lowest BCUT2D eigenvalue weighted by Crippen LogP contribution is -2.45. The number of nitrogens with zero attached hydrogens (tertiary/aromatic N) is 1. The molecule has 0 spiro atoms. The van der Waals surface area contributed by atoms with Crippen molar-refractivity contribution in [2.45, 2.75) is 64.3 Å². The van der Waals surface area contributed by atoms with Crippen molar-refractivity contribution >= 4 is 23.1 Å². The highest BCUT2D eigenvalue weighted by Gasteiger charge is 2.38. The third-order valence-corrected chi connectivity index (χ3v) is 5.03. The van der Waals surface area contributed by atoms with Crippen molar-refractivity contribution in [3.8, 4) is 0 Å². The van der Waals surface area contributed by atoms with Crippen molar-refractivity contribution in [2.75, 3.05) is 6.54 Å². The van der Waals surface area contributed by atoms with Crippen LogP contribution in [0.4, 0.5) is 0 Å². The molecule has 19 heavy (non-hydrogen) atoms. The number of thiocarbonyl (C=S) groups is 1. The van der Waals surface area contributed by atoms with Crippen molar-refractivity contribution in [1.29, 1.82) is 0 Å². The lowest BCUT2D eigenvalue weighted by molar-refractivity contribution is -0.135. The molecule has 1 saturated heterocycles. The predicted molar refractivity (Wildman–Crippen MR) is 81.9 cm³/mol. The molecule has 2 atom stereocenters. The molecule has 108 valence electrons. The summed E-state index contributed by atoms with van der Waals surface area (Å²) in [7, 11) is 0. The van der Waals surface area contributed by atoms with Gasteiger partial charge in [0.25, 0.3) is 0 Å². The van der Waals surface area contributed by atoms with Crippen LogP contribution in [-0.2, 0) is 4.79 Å². The Hall–Kier alpha value is -0.640. The maximum Gasteiger partial charge on any atom is 0.232 e. The maximum atomic E-state index is 12.7. The number of carbonyl (C=O) groups is 1. The SMILES string of the molecule is CCCC(C(=O)N1CCCC1C1CCCC1)C(N)=S. The van der Waals surface area contributed by atoms with Crippen molar-refractivity contribution in [3.05, 3.63) is 0 Å². The van der Waals surface area contributed by atoms with Crippen LogP contribution in [0.3, 0.4) is 0 Å². The number of likely N-dealkylation sites (tertiary alicyclic amines) is 1. The molecule has 4 heteroatoms. The van der Waals surface area contributed by atoms with E-state index < -0.39 is 0 Å². The summed E-state index contributed by atoms with van der Waals surface area (Å²) in [6, 6.07) is 0.462. The summed E-state index contributed by atoms with van der Waals surface area (Å²) in [6.07, 6.45) is 9.31. The minimum Gasteiger partial charge on any atom is -0.393 e. The molecular formula is C15H26N2OS. The Morgan fingerprint density at radius 1 is 1.32 bits per heavy atom. The van der Waals surface area contributed by atoms with Crippen LogP contribution in [0, 0.1) is 11.8 Å². The number of amides is 1. The standard InChI is InChI=1S/C15H26N2OS/c1-2-6-12(14(16)19)15(18)17-10-5-9-13(17)11-7-3-4-8-11/h11-13H,2-10H2,1H3,(H2,16,19). The van der Waals surface area contributed by atoms with Gasteiger partial charge in [-0.1, -0.05) is 38.4 Å². The van der Waals surface area contributed by atoms with Crippen LogP contribution in [0.2, 0.25) is 0 Å². The van der Waals surface area contributed by atoms with E-state index in [2.05, 4.69) is 11.8 Å². The first-order valence-corrected chi connectivity index (χ1v) is 8.15. The average Bonchev–Trinajstić information content (AvgIpc) is 3.03. The molecule has 2 N–H and O–H groups in total. The van der Waals surface area contributed by atoms with Crippen LogP contribution in [0.5, 0.6) is 0 Å². The molecule has 1 saturated carbocycles. The third kappa shape index (κ3) is 3.28. The molecule has 2 fully saturated rings. The highest BCUT2D eigenvalue weighted by atomic mass is 32.1. The number of nitrogens with two attached hydrogens (primary N) is 1. The molecule has 0 aromatic carbocycles. The van der Waals surface area contributed by atoms with E-state index >= 15 is 0 Å². The Balaban J connectivity index is 2.05. The van der Waals surface area contributed by atoms with E-state index in [0.717, 1.165) is 31.7 Å². The molecule has 1 aliphatic carbocycles. The van der Waals surface area contributed by atoms with Crippen LogP contribution in [-0.4, -0.2) is 28.4 Å². The predicted octanol–water partition coefficient (Wildman–Crippen LogP) is 2.87. The first kappa shape index (κ1) is 14.8. The van der Waals surface area contributed by atoms with E-state index in [9.17, 15) is 4.79 Å². The monoisotopic (exact) mass is 282 g/mol. The second kappa shape index (κ2) is 6.69. The van der Waals surface area contributed by atoms with Crippen LogP contribution in [0.1, 0.15) is 58.3 Å². The Morgan fingerprint density at radius 2 is 2.00 bits per heavy atom. The van der Waals surface area contributed by atoms with E-state index in [4.69, 9.17) is 18.0 Å². The lowest BCUT2D eigenvalue weighted by Gasteiger charge is -2.32. The zero-order valence-corrected chi connectivity index (χ0v) is 12.8. The highest BCUT2D eigenvalue weighted by Crippen LogP contribution is 2.36. The van der Waals surface area contributed by atoms with Gasteiger partial charge in [-0.3, -0.25) is 4.79 Å². The smallest absolute Gasteiger partial charge is 0.232 e. The first-order valence-electron chi connectivity index (χ1n) is 7.75. The summed E-state index contributed by atoms with van der Waals surface area (Å²) in [5.74, 6) is 0.686. The largest absolute Gasteiger partial charge is 0.393 e. The second-order valence-corrected chi connectivity index (χ2v) is 6.50. The molecule has 0 aromatic heterocycles. The fourth-order valence-corrected chi connectivity index (χ4v) is 3.99. The molecule has 1 amide bonds. The molecule has 2 rings (SSSR count). The molecule has 2 unspecified atom stereocenters. The van der Waals surface area contributed by atoms with E-state index in [1.54, 1.807) is 0 Å². The van der Waals surface area contributed by atoms with Gasteiger partial charge in [-0.15, -0.1) is 0 Å². The van der Waals surface area contributed by atoms with Gasteiger partial charge in [-0.2, -0.15) is 0 Å². The van der Waals surface area contributed by atoms with E-state index in [0.29, 0.717) is 11.0 Å². The summed E-state index contributed by atoms with van der Waals surface area (Å²) in [5.41, 5.74) is 5.77. The minimum atomic E-state index is -0.234. The van der Waals surface area contributed by atoms with Gasteiger partial charge < -0.3 is 10.6 Å². The number of carbonyl (C=O) groups excluding carboxylic acids is 1. The summed E-state index contributed by atoms with van der Waals surface area (Å²) in [4.78, 5) is 15.2. The normalized spacial score (nSPS) is 25.7. The second-order valence-electron chi connectivity index (χ2n) is 6.03. The molecule has 1 heterocycles. The van der Waals surface area contributed by atoms with Gasteiger partial charge in [0, 0.05) is 12.6 Å². The Bertz CT molecular complexity index is 339. The van der Waals surface area contributed by atoms with Crippen LogP contribution in [0.25, 0.3) is 0 Å². The molecular weight excluding hydrogens is 256 g/mol. The zero-order chi connectivity index (χ0) is 13.8. The fraction of sp³-hybridized carbons (Fsp3) is 0.867. The van der Waals surface area contributed by atoms with E-state index in [1.165, 1.54) is 32.1 Å². The summed E-state index contributed by atoms with van der Waals surface area (Å²) in [6.45, 7) is 2.99. The van der Waals surface area contributed by atoms with Crippen LogP contribution >= 0.6 is 12.2 Å². The molecule has 3 nitrogen and oxygen atoms in total. The van der Waals surface area contributed by atoms with Crippen LogP contribution in [0.15, 0.2) is 0 Å². The Labute approximate surface area is 121 Å². The van der Waals surface area contributed by atoms with Gasteiger partial charge >= 0.3 is 0 Å². The lowest BCUT2D eigenvalue weighted by atomic mass is 9.94. The number of rotatable bonds is 5. The summed E-state index contributed by atoms with van der Waals surface area (Å²) >= 11 is 5.10.